The highest BCUT2D eigenvalue weighted by molar-refractivity contribution is 14.1. The second kappa shape index (κ2) is 4.08. The number of carbonyl (C=O) groups excluding carboxylic acids is 1. The molecule has 5 nitrogen and oxygen atoms in total. The Bertz CT molecular complexity index is 667. The van der Waals surface area contributed by atoms with Gasteiger partial charge in [0, 0.05) is 39.4 Å². The normalized spacial score (nSPS) is 13.1. The Labute approximate surface area is 115 Å². The molecule has 0 amide bonds. The van der Waals surface area contributed by atoms with Crippen molar-refractivity contribution in [2.24, 2.45) is 0 Å². The van der Waals surface area contributed by atoms with E-state index in [0.717, 1.165) is 11.3 Å². The van der Waals surface area contributed by atoms with Crippen LogP contribution in [0.15, 0.2) is 0 Å². The van der Waals surface area contributed by atoms with Crippen molar-refractivity contribution in [3.63, 3.8) is 0 Å². The van der Waals surface area contributed by atoms with Gasteiger partial charge in [0.25, 0.3) is 0 Å². The first-order valence-corrected chi connectivity index (χ1v) is 6.46. The highest BCUT2D eigenvalue weighted by Crippen LogP contribution is 2.33. The summed E-state index contributed by atoms with van der Waals surface area (Å²) < 4.78 is 13.5. The van der Waals surface area contributed by atoms with Crippen LogP contribution in [0.25, 0.3) is 11.4 Å². The number of hydrogen-bond acceptors (Lipinski definition) is 4. The van der Waals surface area contributed by atoms with Crippen LogP contribution in [0.5, 0.6) is 0 Å². The molecule has 1 N–H and O–H groups in total. The van der Waals surface area contributed by atoms with Crippen LogP contribution in [-0.4, -0.2) is 26.2 Å². The minimum absolute atomic E-state index is 0.0538. The lowest BCUT2D eigenvalue weighted by atomic mass is 9.92. The highest BCUT2D eigenvalue weighted by Gasteiger charge is 2.27. The van der Waals surface area contributed by atoms with E-state index in [0.29, 0.717) is 33.6 Å². The molecule has 0 radical (unpaired) electrons. The van der Waals surface area contributed by atoms with E-state index < -0.39 is 6.04 Å². The van der Waals surface area contributed by atoms with Gasteiger partial charge in [0.15, 0.2) is 3.83 Å². The van der Waals surface area contributed by atoms with Crippen LogP contribution >= 0.6 is 22.6 Å². The van der Waals surface area contributed by atoms with Crippen LogP contribution in [0.4, 0.5) is 4.39 Å². The molecule has 0 aliphatic heterocycles. The van der Waals surface area contributed by atoms with Gasteiger partial charge >= 0.3 is 6.04 Å². The third-order valence-corrected chi connectivity index (χ3v) is 3.58. The first kappa shape index (κ1) is 11.7. The highest BCUT2D eigenvalue weighted by atomic mass is 127. The molecule has 0 unspecified atom stereocenters. The number of hydrogen-bond donors (Lipinski definition) is 1. The lowest BCUT2D eigenvalue weighted by Gasteiger charge is -2.16. The van der Waals surface area contributed by atoms with Gasteiger partial charge in [-0.25, -0.2) is 9.97 Å². The summed E-state index contributed by atoms with van der Waals surface area (Å²) in [5, 5.41) is 6.48. The summed E-state index contributed by atoms with van der Waals surface area (Å²) in [5.74, 6) is 0. The van der Waals surface area contributed by atoms with Gasteiger partial charge in [-0.2, -0.15) is 9.49 Å². The number of rotatable bonds is 1. The van der Waals surface area contributed by atoms with E-state index in [-0.39, 0.29) is 5.69 Å². The number of fused-ring (bicyclic) bond motifs is 3. The van der Waals surface area contributed by atoms with Crippen LogP contribution in [0.2, 0.25) is 0 Å². The van der Waals surface area contributed by atoms with Crippen molar-refractivity contribution in [2.45, 2.75) is 19.8 Å². The first-order valence-electron chi connectivity index (χ1n) is 5.38. The number of nitrogens with one attached hydrogen (secondary N) is 1. The number of halogens is 2. The molecule has 0 atom stereocenters. The Morgan fingerprint density at radius 2 is 2.00 bits per heavy atom. The SMILES string of the molecule is Cc1nc(I)nc2c1CCc1c-2n[nH]c1C(=O)F. The van der Waals surface area contributed by atoms with Crippen LogP contribution in [0.1, 0.15) is 27.3 Å². The largest absolute Gasteiger partial charge is 0.350 e. The maximum Gasteiger partial charge on any atom is 0.350 e. The molecular formula is C11H8FIN4O. The molecule has 0 spiro atoms. The zero-order chi connectivity index (χ0) is 12.9. The van der Waals surface area contributed by atoms with Crippen molar-refractivity contribution in [3.05, 3.63) is 26.3 Å². The predicted octanol–water partition coefficient (Wildman–Crippen LogP) is 1.99. The summed E-state index contributed by atoms with van der Waals surface area (Å²) in [6.45, 7) is 1.92. The number of aromatic amines is 1. The zero-order valence-electron chi connectivity index (χ0n) is 9.42. The third-order valence-electron chi connectivity index (χ3n) is 3.10. The molecular weight excluding hydrogens is 350 g/mol. The second-order valence-corrected chi connectivity index (χ2v) is 5.07. The van der Waals surface area contributed by atoms with Crippen molar-refractivity contribution < 1.29 is 9.18 Å². The Balaban J connectivity index is 2.26. The molecule has 0 bridgehead atoms. The van der Waals surface area contributed by atoms with Gasteiger partial charge in [-0.05, 0) is 19.8 Å². The molecule has 0 saturated heterocycles. The fourth-order valence-corrected chi connectivity index (χ4v) is 2.88. The lowest BCUT2D eigenvalue weighted by Crippen LogP contribution is -2.11. The number of H-pyrrole nitrogens is 1. The van der Waals surface area contributed by atoms with Crippen molar-refractivity contribution in [3.8, 4) is 11.4 Å². The number of aryl methyl sites for hydroxylation is 1. The maximum absolute atomic E-state index is 12.8. The number of nitrogens with zero attached hydrogens (tertiary/aromatic N) is 3. The minimum Gasteiger partial charge on any atom is -0.271 e. The quantitative estimate of drug-likeness (QED) is 0.481. The summed E-state index contributed by atoms with van der Waals surface area (Å²) in [6, 6.07) is -1.48. The second-order valence-electron chi connectivity index (χ2n) is 4.10. The van der Waals surface area contributed by atoms with Crippen LogP contribution in [0.3, 0.4) is 0 Å². The molecule has 1 aliphatic rings. The summed E-state index contributed by atoms with van der Waals surface area (Å²) in [4.78, 5) is 19.5. The van der Waals surface area contributed by atoms with Crippen LogP contribution in [-0.2, 0) is 12.8 Å². The molecule has 2 aromatic heterocycles. The molecule has 1 aliphatic carbocycles. The standard InChI is InChI=1S/C11H8FIN4O/c1-4-5-2-3-6-8(7(5)15-11(13)14-4)16-17-9(6)10(12)18/h2-3H2,1H3,(H,16,17). The van der Waals surface area contributed by atoms with Gasteiger partial charge in [-0.15, -0.1) is 0 Å². The van der Waals surface area contributed by atoms with E-state index in [1.165, 1.54) is 0 Å². The number of aromatic nitrogens is 4. The molecule has 92 valence electrons. The molecule has 0 saturated carbocycles. The smallest absolute Gasteiger partial charge is 0.271 e. The van der Waals surface area contributed by atoms with Gasteiger partial charge in [0.1, 0.15) is 11.4 Å². The molecule has 3 rings (SSSR count). The fraction of sp³-hybridized carbons (Fsp3) is 0.273. The average molecular weight is 358 g/mol. The van der Waals surface area contributed by atoms with Crippen molar-refractivity contribution in [1.29, 1.82) is 0 Å². The van der Waals surface area contributed by atoms with Gasteiger partial charge in [0.05, 0.1) is 5.69 Å². The molecule has 7 heteroatoms. The van der Waals surface area contributed by atoms with Gasteiger partial charge in [-0.3, -0.25) is 9.89 Å². The van der Waals surface area contributed by atoms with E-state index in [4.69, 9.17) is 0 Å². The van der Waals surface area contributed by atoms with Crippen molar-refractivity contribution in [2.75, 3.05) is 0 Å². The van der Waals surface area contributed by atoms with Gasteiger partial charge in [0.2, 0.25) is 0 Å². The number of carbonyl (C=O) groups is 1. The Kier molecular flexibility index (Phi) is 2.65. The average Bonchev–Trinajstić information content (AvgIpc) is 2.72. The molecule has 18 heavy (non-hydrogen) atoms. The topological polar surface area (TPSA) is 71.5 Å². The van der Waals surface area contributed by atoms with Crippen molar-refractivity contribution in [1.82, 2.24) is 20.2 Å². The van der Waals surface area contributed by atoms with E-state index in [1.807, 2.05) is 29.5 Å². The summed E-state index contributed by atoms with van der Waals surface area (Å²) >= 11 is 2.03. The van der Waals surface area contributed by atoms with E-state index in [9.17, 15) is 9.18 Å². The third kappa shape index (κ3) is 1.64. The summed E-state index contributed by atoms with van der Waals surface area (Å²) in [7, 11) is 0. The first-order chi connectivity index (χ1) is 8.58. The molecule has 2 aromatic rings. The van der Waals surface area contributed by atoms with Gasteiger partial charge < -0.3 is 0 Å². The van der Waals surface area contributed by atoms with E-state index >= 15 is 0 Å². The van der Waals surface area contributed by atoms with Gasteiger partial charge in [-0.1, -0.05) is 0 Å². The van der Waals surface area contributed by atoms with E-state index in [2.05, 4.69) is 20.2 Å². The predicted molar refractivity (Wildman–Crippen MR) is 69.9 cm³/mol. The zero-order valence-corrected chi connectivity index (χ0v) is 11.6. The molecule has 2 heterocycles. The summed E-state index contributed by atoms with van der Waals surface area (Å²) in [5.41, 5.74) is 3.77. The Morgan fingerprint density at radius 1 is 1.28 bits per heavy atom. The fourth-order valence-electron chi connectivity index (χ4n) is 2.27. The summed E-state index contributed by atoms with van der Waals surface area (Å²) in [6.07, 6.45) is 1.28. The minimum atomic E-state index is -1.48. The van der Waals surface area contributed by atoms with Crippen LogP contribution < -0.4 is 0 Å². The monoisotopic (exact) mass is 358 g/mol. The lowest BCUT2D eigenvalue weighted by molar-refractivity contribution is 0.0829. The Morgan fingerprint density at radius 3 is 2.72 bits per heavy atom. The maximum atomic E-state index is 12.8. The van der Waals surface area contributed by atoms with Crippen LogP contribution in [0, 0.1) is 10.8 Å². The Hall–Kier alpha value is -1.38. The van der Waals surface area contributed by atoms with E-state index in [1.54, 1.807) is 0 Å². The molecule has 0 fully saturated rings. The molecule has 0 aromatic carbocycles. The van der Waals surface area contributed by atoms with Crippen molar-refractivity contribution >= 4 is 28.6 Å².